The van der Waals surface area contributed by atoms with Crippen LogP contribution in [0.1, 0.15) is 28.9 Å². The van der Waals surface area contributed by atoms with Crippen LogP contribution < -0.4 is 5.32 Å². The number of likely N-dealkylation sites (tertiary alicyclic amines) is 1. The molecule has 5 nitrogen and oxygen atoms in total. The molecule has 116 valence electrons. The Labute approximate surface area is 130 Å². The number of carbonyl (C=O) groups is 1. The fourth-order valence-electron chi connectivity index (χ4n) is 2.86. The summed E-state index contributed by atoms with van der Waals surface area (Å²) in [4.78, 5) is 18.8. The fraction of sp³-hybridized carbons (Fsp3) is 0.412. The fourth-order valence-corrected chi connectivity index (χ4v) is 2.86. The summed E-state index contributed by atoms with van der Waals surface area (Å²) in [5, 5.41) is 3.25. The zero-order chi connectivity index (χ0) is 15.5. The van der Waals surface area contributed by atoms with E-state index in [-0.39, 0.29) is 5.91 Å². The van der Waals surface area contributed by atoms with Gasteiger partial charge >= 0.3 is 0 Å². The number of likely N-dealkylation sites (N-methyl/N-ethyl adjacent to an activating group) is 1. The third-order valence-electron chi connectivity index (χ3n) is 4.20. The number of nitrogens with one attached hydrogen (secondary N) is 1. The Morgan fingerprint density at radius 1 is 1.36 bits per heavy atom. The third-order valence-corrected chi connectivity index (χ3v) is 4.20. The molecule has 22 heavy (non-hydrogen) atoms. The lowest BCUT2D eigenvalue weighted by molar-refractivity contribution is 0.0693. The van der Waals surface area contributed by atoms with Gasteiger partial charge in [-0.1, -0.05) is 29.8 Å². The summed E-state index contributed by atoms with van der Waals surface area (Å²) < 4.78 is 5.48. The van der Waals surface area contributed by atoms with E-state index in [0.717, 1.165) is 31.5 Å². The van der Waals surface area contributed by atoms with Gasteiger partial charge in [-0.15, -0.1) is 0 Å². The Balaban J connectivity index is 1.85. The maximum atomic E-state index is 12.8. The summed E-state index contributed by atoms with van der Waals surface area (Å²) >= 11 is 0. The van der Waals surface area contributed by atoms with Crippen LogP contribution in [0.3, 0.4) is 0 Å². The Kier molecular flexibility index (Phi) is 4.24. The molecule has 0 saturated carbocycles. The Bertz CT molecular complexity index is 648. The van der Waals surface area contributed by atoms with Crippen LogP contribution in [0.5, 0.6) is 0 Å². The second kappa shape index (κ2) is 6.32. The number of piperidine rings is 1. The lowest BCUT2D eigenvalue weighted by Crippen LogP contribution is -2.47. The van der Waals surface area contributed by atoms with Crippen LogP contribution >= 0.6 is 0 Å². The molecule has 1 aromatic carbocycles. The molecule has 1 atom stereocenters. The van der Waals surface area contributed by atoms with E-state index in [0.29, 0.717) is 17.5 Å². The van der Waals surface area contributed by atoms with Crippen molar-refractivity contribution in [3.63, 3.8) is 0 Å². The van der Waals surface area contributed by atoms with E-state index in [1.54, 1.807) is 0 Å². The SMILES string of the molecule is CNC1CCCN(C(=O)c2ncoc2-c2ccc(C)cc2)C1. The smallest absolute Gasteiger partial charge is 0.276 e. The maximum absolute atomic E-state index is 12.8. The number of aromatic nitrogens is 1. The normalized spacial score (nSPS) is 18.5. The number of hydrogen-bond acceptors (Lipinski definition) is 4. The topological polar surface area (TPSA) is 58.4 Å². The summed E-state index contributed by atoms with van der Waals surface area (Å²) in [6, 6.07) is 8.28. The minimum atomic E-state index is -0.0516. The van der Waals surface area contributed by atoms with Crippen molar-refractivity contribution in [2.45, 2.75) is 25.8 Å². The molecular weight excluding hydrogens is 278 g/mol. The molecule has 1 unspecified atom stereocenters. The van der Waals surface area contributed by atoms with Gasteiger partial charge in [0, 0.05) is 24.7 Å². The van der Waals surface area contributed by atoms with Gasteiger partial charge in [-0.2, -0.15) is 0 Å². The molecule has 0 radical (unpaired) electrons. The van der Waals surface area contributed by atoms with Crippen LogP contribution in [-0.2, 0) is 0 Å². The number of benzene rings is 1. The molecule has 1 amide bonds. The zero-order valence-corrected chi connectivity index (χ0v) is 13.0. The monoisotopic (exact) mass is 299 g/mol. The van der Waals surface area contributed by atoms with Crippen LogP contribution in [0.15, 0.2) is 35.1 Å². The van der Waals surface area contributed by atoms with Crippen molar-refractivity contribution in [2.24, 2.45) is 0 Å². The van der Waals surface area contributed by atoms with Crippen LogP contribution in [0.2, 0.25) is 0 Å². The number of nitrogens with zero attached hydrogens (tertiary/aromatic N) is 2. The molecule has 2 aromatic rings. The van der Waals surface area contributed by atoms with Crippen LogP contribution in [0.4, 0.5) is 0 Å². The summed E-state index contributed by atoms with van der Waals surface area (Å²) in [5.41, 5.74) is 2.46. The number of aryl methyl sites for hydroxylation is 1. The number of oxazole rings is 1. The van der Waals surface area contributed by atoms with E-state index in [2.05, 4.69) is 10.3 Å². The first-order valence-corrected chi connectivity index (χ1v) is 7.66. The van der Waals surface area contributed by atoms with Gasteiger partial charge in [0.15, 0.2) is 17.8 Å². The van der Waals surface area contributed by atoms with Crippen LogP contribution in [0, 0.1) is 6.92 Å². The first-order valence-electron chi connectivity index (χ1n) is 7.66. The molecule has 0 spiro atoms. The quantitative estimate of drug-likeness (QED) is 0.946. The minimum Gasteiger partial charge on any atom is -0.443 e. The minimum absolute atomic E-state index is 0.0516. The van der Waals surface area contributed by atoms with Gasteiger partial charge < -0.3 is 14.6 Å². The van der Waals surface area contributed by atoms with Gasteiger partial charge in [0.25, 0.3) is 5.91 Å². The van der Waals surface area contributed by atoms with Gasteiger partial charge in [0.2, 0.25) is 0 Å². The largest absolute Gasteiger partial charge is 0.443 e. The van der Waals surface area contributed by atoms with Gasteiger partial charge in [-0.3, -0.25) is 4.79 Å². The second-order valence-electron chi connectivity index (χ2n) is 5.78. The summed E-state index contributed by atoms with van der Waals surface area (Å²) in [6.45, 7) is 3.52. The van der Waals surface area contributed by atoms with Gasteiger partial charge in [-0.05, 0) is 26.8 Å². The summed E-state index contributed by atoms with van der Waals surface area (Å²) in [6.07, 6.45) is 3.46. The zero-order valence-electron chi connectivity index (χ0n) is 13.0. The molecule has 1 aromatic heterocycles. The number of rotatable bonds is 3. The Morgan fingerprint density at radius 3 is 2.86 bits per heavy atom. The van der Waals surface area contributed by atoms with E-state index in [1.807, 2.05) is 43.1 Å². The average Bonchev–Trinajstić information content (AvgIpc) is 3.04. The first-order chi connectivity index (χ1) is 10.7. The van der Waals surface area contributed by atoms with Crippen molar-refractivity contribution in [1.29, 1.82) is 0 Å². The molecule has 3 rings (SSSR count). The Morgan fingerprint density at radius 2 is 2.14 bits per heavy atom. The van der Waals surface area contributed by atoms with Crippen molar-refractivity contribution in [3.8, 4) is 11.3 Å². The number of carbonyl (C=O) groups excluding carboxylic acids is 1. The molecule has 0 bridgehead atoms. The van der Waals surface area contributed by atoms with E-state index in [1.165, 1.54) is 12.0 Å². The summed E-state index contributed by atoms with van der Waals surface area (Å²) in [7, 11) is 1.94. The molecular formula is C17H21N3O2. The maximum Gasteiger partial charge on any atom is 0.276 e. The molecule has 1 N–H and O–H groups in total. The average molecular weight is 299 g/mol. The predicted octanol–water partition coefficient (Wildman–Crippen LogP) is 2.47. The van der Waals surface area contributed by atoms with Crippen molar-refractivity contribution in [3.05, 3.63) is 41.9 Å². The first kappa shape index (κ1) is 14.8. The van der Waals surface area contributed by atoms with E-state index in [4.69, 9.17) is 4.42 Å². The molecule has 1 aliphatic heterocycles. The number of hydrogen-bond donors (Lipinski definition) is 1. The molecule has 2 heterocycles. The van der Waals surface area contributed by atoms with E-state index >= 15 is 0 Å². The highest BCUT2D eigenvalue weighted by molar-refractivity contribution is 5.97. The third kappa shape index (κ3) is 2.90. The molecule has 1 fully saturated rings. The predicted molar refractivity (Wildman–Crippen MR) is 84.7 cm³/mol. The molecule has 0 aliphatic carbocycles. The highest BCUT2D eigenvalue weighted by Crippen LogP contribution is 2.25. The number of amides is 1. The Hall–Kier alpha value is -2.14. The lowest BCUT2D eigenvalue weighted by Gasteiger charge is -2.32. The molecule has 5 heteroatoms. The highest BCUT2D eigenvalue weighted by Gasteiger charge is 2.27. The highest BCUT2D eigenvalue weighted by atomic mass is 16.3. The van der Waals surface area contributed by atoms with Crippen molar-refractivity contribution in [2.75, 3.05) is 20.1 Å². The van der Waals surface area contributed by atoms with Crippen molar-refractivity contribution in [1.82, 2.24) is 15.2 Å². The molecule has 1 aliphatic rings. The second-order valence-corrected chi connectivity index (χ2v) is 5.78. The van der Waals surface area contributed by atoms with Gasteiger partial charge in [0.05, 0.1) is 0 Å². The molecule has 1 saturated heterocycles. The van der Waals surface area contributed by atoms with Gasteiger partial charge in [0.1, 0.15) is 0 Å². The van der Waals surface area contributed by atoms with E-state index in [9.17, 15) is 4.79 Å². The summed E-state index contributed by atoms with van der Waals surface area (Å²) in [5.74, 6) is 0.501. The van der Waals surface area contributed by atoms with Crippen LogP contribution in [0.25, 0.3) is 11.3 Å². The van der Waals surface area contributed by atoms with Crippen molar-refractivity contribution < 1.29 is 9.21 Å². The van der Waals surface area contributed by atoms with Crippen LogP contribution in [-0.4, -0.2) is 42.0 Å². The van der Waals surface area contributed by atoms with E-state index < -0.39 is 0 Å². The van der Waals surface area contributed by atoms with Gasteiger partial charge in [-0.25, -0.2) is 4.98 Å². The lowest BCUT2D eigenvalue weighted by atomic mass is 10.0. The van der Waals surface area contributed by atoms with Crippen molar-refractivity contribution >= 4 is 5.91 Å². The standard InChI is InChI=1S/C17H21N3O2/c1-12-5-7-13(8-6-12)16-15(19-11-22-16)17(21)20-9-3-4-14(10-20)18-2/h5-8,11,14,18H,3-4,9-10H2,1-2H3.